The van der Waals surface area contributed by atoms with Crippen molar-refractivity contribution in [2.75, 3.05) is 50.4 Å². The zero-order valence-electron chi connectivity index (χ0n) is 24.2. The molecule has 9 nitrogen and oxygen atoms in total. The van der Waals surface area contributed by atoms with Crippen molar-refractivity contribution in [1.29, 1.82) is 0 Å². The number of amides is 1. The SMILES string of the molecule is C=C/C=C(F)\C(=C/C)CN1CCC(OC(=O)N2CCC(Oc3cc(N4CCc5cc(S(C)=O)ccc54)ncn3)CC2)C1. The predicted octanol–water partition coefficient (Wildman–Crippen LogP) is 4.95. The molecular formula is C31H38FN5O4S. The normalized spacial score (nSPS) is 20.9. The van der Waals surface area contributed by atoms with Gasteiger partial charge in [0, 0.05) is 85.8 Å². The summed E-state index contributed by atoms with van der Waals surface area (Å²) in [5.41, 5.74) is 2.82. The summed E-state index contributed by atoms with van der Waals surface area (Å²) in [5.74, 6) is 0.978. The molecule has 42 heavy (non-hydrogen) atoms. The number of carbonyl (C=O) groups excluding carboxylic acids is 1. The van der Waals surface area contributed by atoms with E-state index in [-0.39, 0.29) is 24.1 Å². The van der Waals surface area contributed by atoms with Gasteiger partial charge >= 0.3 is 6.09 Å². The van der Waals surface area contributed by atoms with Crippen molar-refractivity contribution in [3.63, 3.8) is 0 Å². The number of hydrogen-bond acceptors (Lipinski definition) is 8. The lowest BCUT2D eigenvalue weighted by molar-refractivity contribution is 0.0438. The van der Waals surface area contributed by atoms with Crippen LogP contribution < -0.4 is 9.64 Å². The van der Waals surface area contributed by atoms with Gasteiger partial charge in [-0.05, 0) is 55.2 Å². The monoisotopic (exact) mass is 595 g/mol. The molecule has 3 aliphatic rings. The lowest BCUT2D eigenvalue weighted by Gasteiger charge is -2.32. The first-order chi connectivity index (χ1) is 20.3. The van der Waals surface area contributed by atoms with Crippen molar-refractivity contribution in [3.05, 3.63) is 72.4 Å². The van der Waals surface area contributed by atoms with E-state index in [1.54, 1.807) is 17.2 Å². The van der Waals surface area contributed by atoms with Crippen LogP contribution in [-0.2, 0) is 22.0 Å². The van der Waals surface area contributed by atoms with E-state index < -0.39 is 10.8 Å². The third-order valence-corrected chi connectivity index (χ3v) is 8.90. The van der Waals surface area contributed by atoms with E-state index in [1.807, 2.05) is 31.2 Å². The minimum absolute atomic E-state index is 0.0653. The molecule has 0 N–H and O–H groups in total. The van der Waals surface area contributed by atoms with Gasteiger partial charge in [-0.2, -0.15) is 0 Å². The number of aromatic nitrogens is 2. The lowest BCUT2D eigenvalue weighted by atomic mass is 10.1. The summed E-state index contributed by atoms with van der Waals surface area (Å²) in [6.45, 7) is 9.04. The summed E-state index contributed by atoms with van der Waals surface area (Å²) >= 11 is 0. The average molecular weight is 596 g/mol. The van der Waals surface area contributed by atoms with Crippen LogP contribution in [0, 0.1) is 0 Å². The number of halogens is 1. The first kappa shape index (κ1) is 29.9. The molecule has 2 aromatic rings. The Morgan fingerprint density at radius 3 is 2.67 bits per heavy atom. The maximum absolute atomic E-state index is 14.2. The van der Waals surface area contributed by atoms with Gasteiger partial charge in [0.25, 0.3) is 0 Å². The van der Waals surface area contributed by atoms with E-state index in [1.165, 1.54) is 18.5 Å². The highest BCUT2D eigenvalue weighted by atomic mass is 32.2. The van der Waals surface area contributed by atoms with E-state index in [4.69, 9.17) is 9.47 Å². The van der Waals surface area contributed by atoms with Crippen molar-refractivity contribution < 1.29 is 22.9 Å². The molecule has 4 heterocycles. The molecule has 1 aromatic heterocycles. The van der Waals surface area contributed by atoms with Crippen LogP contribution in [-0.4, -0.2) is 87.8 Å². The molecule has 0 radical (unpaired) electrons. The Morgan fingerprint density at radius 2 is 1.93 bits per heavy atom. The number of likely N-dealkylation sites (tertiary alicyclic amines) is 2. The molecule has 3 aliphatic heterocycles. The zero-order chi connectivity index (χ0) is 29.6. The summed E-state index contributed by atoms with van der Waals surface area (Å²) in [7, 11) is -1.01. The van der Waals surface area contributed by atoms with Crippen LogP contribution in [0.2, 0.25) is 0 Å². The molecule has 2 unspecified atom stereocenters. The first-order valence-corrected chi connectivity index (χ1v) is 15.9. The van der Waals surface area contributed by atoms with Crippen molar-refractivity contribution in [3.8, 4) is 5.88 Å². The van der Waals surface area contributed by atoms with E-state index in [0.29, 0.717) is 50.5 Å². The van der Waals surface area contributed by atoms with Crippen LogP contribution >= 0.6 is 0 Å². The van der Waals surface area contributed by atoms with Crippen molar-refractivity contribution in [2.24, 2.45) is 0 Å². The van der Waals surface area contributed by atoms with Crippen LogP contribution in [0.3, 0.4) is 0 Å². The molecule has 0 aliphatic carbocycles. The molecule has 11 heteroatoms. The largest absolute Gasteiger partial charge is 0.474 e. The molecule has 0 bridgehead atoms. The van der Waals surface area contributed by atoms with Crippen LogP contribution in [0.5, 0.6) is 5.88 Å². The van der Waals surface area contributed by atoms with Crippen molar-refractivity contribution in [2.45, 2.75) is 49.7 Å². The van der Waals surface area contributed by atoms with Gasteiger partial charge in [0.2, 0.25) is 5.88 Å². The molecule has 1 aromatic carbocycles. The number of nitrogens with zero attached hydrogens (tertiary/aromatic N) is 5. The minimum Gasteiger partial charge on any atom is -0.474 e. The number of anilines is 2. The standard InChI is InChI=1S/C31H38FN5O4S/c1-4-6-27(32)22(5-2)19-35-13-10-25(20-35)41-31(38)36-14-11-24(12-15-36)40-30-18-29(33-21-34-30)37-16-9-23-17-26(42(3)39)7-8-28(23)37/h4-8,17-18,21,24-25H,1,9-16,19-20H2,2-3H3/b22-5-,27-6+. The van der Waals surface area contributed by atoms with Crippen LogP contribution in [0.1, 0.15) is 31.7 Å². The van der Waals surface area contributed by atoms with E-state index >= 15 is 0 Å². The Morgan fingerprint density at radius 1 is 1.14 bits per heavy atom. The fourth-order valence-electron chi connectivity index (χ4n) is 5.67. The highest BCUT2D eigenvalue weighted by molar-refractivity contribution is 7.84. The molecule has 5 rings (SSSR count). The van der Waals surface area contributed by atoms with Gasteiger partial charge in [-0.15, -0.1) is 0 Å². The number of rotatable bonds is 9. The topological polar surface area (TPSA) is 88.1 Å². The quantitative estimate of drug-likeness (QED) is 0.377. The average Bonchev–Trinajstić information content (AvgIpc) is 3.62. The predicted molar refractivity (Wildman–Crippen MR) is 161 cm³/mol. The molecule has 224 valence electrons. The molecular weight excluding hydrogens is 557 g/mol. The summed E-state index contributed by atoms with van der Waals surface area (Å²) < 4.78 is 38.1. The van der Waals surface area contributed by atoms with Gasteiger partial charge in [0.1, 0.15) is 30.2 Å². The van der Waals surface area contributed by atoms with Gasteiger partial charge < -0.3 is 19.3 Å². The second kappa shape index (κ2) is 13.6. The summed E-state index contributed by atoms with van der Waals surface area (Å²) in [4.78, 5) is 28.5. The molecule has 0 saturated carbocycles. The zero-order valence-corrected chi connectivity index (χ0v) is 25.0. The number of fused-ring (bicyclic) bond motifs is 1. The van der Waals surface area contributed by atoms with E-state index in [0.717, 1.165) is 47.9 Å². The number of benzene rings is 1. The van der Waals surface area contributed by atoms with Crippen LogP contribution in [0.25, 0.3) is 0 Å². The fraction of sp³-hybridized carbons (Fsp3) is 0.452. The molecule has 0 spiro atoms. The van der Waals surface area contributed by atoms with Gasteiger partial charge in [-0.1, -0.05) is 18.7 Å². The number of piperidine rings is 1. The van der Waals surface area contributed by atoms with Crippen molar-refractivity contribution >= 4 is 28.4 Å². The minimum atomic E-state index is -1.01. The molecule has 2 saturated heterocycles. The third kappa shape index (κ3) is 7.07. The maximum atomic E-state index is 14.2. The Hall–Kier alpha value is -3.57. The van der Waals surface area contributed by atoms with Gasteiger partial charge in [-0.25, -0.2) is 19.2 Å². The van der Waals surface area contributed by atoms with E-state index in [2.05, 4.69) is 26.3 Å². The summed E-state index contributed by atoms with van der Waals surface area (Å²) in [6.07, 6.45) is 10.1. The lowest BCUT2D eigenvalue weighted by Crippen LogP contribution is -2.43. The van der Waals surface area contributed by atoms with Gasteiger partial charge in [-0.3, -0.25) is 9.11 Å². The van der Waals surface area contributed by atoms with E-state index in [9.17, 15) is 13.4 Å². The molecule has 2 atom stereocenters. The second-order valence-electron chi connectivity index (χ2n) is 10.8. The smallest absolute Gasteiger partial charge is 0.410 e. The summed E-state index contributed by atoms with van der Waals surface area (Å²) in [6, 6.07) is 7.76. The number of carbonyl (C=O) groups is 1. The highest BCUT2D eigenvalue weighted by Gasteiger charge is 2.31. The Bertz CT molecular complexity index is 1390. The molecule has 1 amide bonds. The second-order valence-corrected chi connectivity index (χ2v) is 12.1. The highest BCUT2D eigenvalue weighted by Crippen LogP contribution is 2.35. The first-order valence-electron chi connectivity index (χ1n) is 14.4. The Kier molecular flexibility index (Phi) is 9.69. The summed E-state index contributed by atoms with van der Waals surface area (Å²) in [5, 5.41) is 0. The number of ether oxygens (including phenoxy) is 2. The fourth-order valence-corrected chi connectivity index (χ4v) is 6.24. The maximum Gasteiger partial charge on any atom is 0.410 e. The van der Waals surface area contributed by atoms with Gasteiger partial charge in [0.05, 0.1) is 0 Å². The Labute approximate surface area is 249 Å². The number of hydrogen-bond donors (Lipinski definition) is 0. The molecule has 2 fully saturated rings. The van der Waals surface area contributed by atoms with Crippen molar-refractivity contribution in [1.82, 2.24) is 19.8 Å². The Balaban J connectivity index is 1.09. The number of allylic oxidation sites excluding steroid dienone is 3. The third-order valence-electron chi connectivity index (χ3n) is 7.98. The van der Waals surface area contributed by atoms with Crippen LogP contribution in [0.15, 0.2) is 71.7 Å². The van der Waals surface area contributed by atoms with Crippen LogP contribution in [0.4, 0.5) is 20.7 Å². The van der Waals surface area contributed by atoms with Gasteiger partial charge in [0.15, 0.2) is 0 Å².